The van der Waals surface area contributed by atoms with Crippen molar-refractivity contribution in [3.8, 4) is 0 Å². The molecule has 1 saturated heterocycles. The number of amides is 2. The molecule has 1 aromatic carbocycles. The van der Waals surface area contributed by atoms with Crippen LogP contribution in [0.4, 0.5) is 5.69 Å². The number of benzene rings is 1. The summed E-state index contributed by atoms with van der Waals surface area (Å²) in [6, 6.07) is 4.98. The number of halogens is 1. The van der Waals surface area contributed by atoms with Gasteiger partial charge in [-0.15, -0.1) is 0 Å². The van der Waals surface area contributed by atoms with Gasteiger partial charge in [0.2, 0.25) is 5.91 Å². The van der Waals surface area contributed by atoms with Crippen molar-refractivity contribution in [2.24, 2.45) is 11.7 Å². The van der Waals surface area contributed by atoms with Gasteiger partial charge in [-0.05, 0) is 50.3 Å². The Labute approximate surface area is 154 Å². The minimum Gasteiger partial charge on any atom is -0.334 e. The lowest BCUT2D eigenvalue weighted by molar-refractivity contribution is -0.116. The zero-order chi connectivity index (χ0) is 18.6. The molecule has 2 rings (SSSR count). The Balaban J connectivity index is 2.21. The number of nitrogens with two attached hydrogens (primary N) is 1. The van der Waals surface area contributed by atoms with E-state index >= 15 is 0 Å². The summed E-state index contributed by atoms with van der Waals surface area (Å²) >= 11 is 6.27. The van der Waals surface area contributed by atoms with Crippen LogP contribution in [-0.2, 0) is 4.79 Å². The fourth-order valence-corrected chi connectivity index (χ4v) is 3.46. The summed E-state index contributed by atoms with van der Waals surface area (Å²) < 4.78 is 0. The minimum atomic E-state index is -0.119. The van der Waals surface area contributed by atoms with E-state index in [1.165, 1.54) is 0 Å². The van der Waals surface area contributed by atoms with E-state index in [4.69, 9.17) is 17.3 Å². The van der Waals surface area contributed by atoms with Crippen LogP contribution < -0.4 is 11.1 Å². The Morgan fingerprint density at radius 1 is 1.32 bits per heavy atom. The lowest BCUT2D eigenvalue weighted by Gasteiger charge is -2.38. The first-order valence-electron chi connectivity index (χ1n) is 8.95. The molecule has 3 N–H and O–H groups in total. The molecule has 1 fully saturated rings. The van der Waals surface area contributed by atoms with Gasteiger partial charge in [-0.3, -0.25) is 9.59 Å². The van der Waals surface area contributed by atoms with Crippen LogP contribution in [0.5, 0.6) is 0 Å². The Morgan fingerprint density at radius 3 is 2.68 bits per heavy atom. The smallest absolute Gasteiger partial charge is 0.255 e. The number of rotatable bonds is 5. The third kappa shape index (κ3) is 5.19. The molecule has 25 heavy (non-hydrogen) atoms. The van der Waals surface area contributed by atoms with Gasteiger partial charge < -0.3 is 16.0 Å². The Hall–Kier alpha value is -1.59. The fraction of sp³-hybridized carbons (Fsp3) is 0.579. The molecule has 0 aliphatic carbocycles. The van der Waals surface area contributed by atoms with Crippen molar-refractivity contribution in [1.29, 1.82) is 0 Å². The van der Waals surface area contributed by atoms with Gasteiger partial charge in [0.1, 0.15) is 0 Å². The Morgan fingerprint density at radius 2 is 2.04 bits per heavy atom. The van der Waals surface area contributed by atoms with E-state index < -0.39 is 0 Å². The van der Waals surface area contributed by atoms with Crippen LogP contribution >= 0.6 is 11.6 Å². The van der Waals surface area contributed by atoms with Gasteiger partial charge >= 0.3 is 0 Å². The fourth-order valence-electron chi connectivity index (χ4n) is 3.26. The highest BCUT2D eigenvalue weighted by molar-refractivity contribution is 6.34. The van der Waals surface area contributed by atoms with Crippen LogP contribution in [0.15, 0.2) is 18.2 Å². The van der Waals surface area contributed by atoms with Gasteiger partial charge in [-0.2, -0.15) is 0 Å². The van der Waals surface area contributed by atoms with Crippen LogP contribution in [0, 0.1) is 5.92 Å². The summed E-state index contributed by atoms with van der Waals surface area (Å²) in [5.41, 5.74) is 7.07. The molecule has 1 aliphatic heterocycles. The highest BCUT2D eigenvalue weighted by Crippen LogP contribution is 2.27. The molecule has 0 radical (unpaired) electrons. The van der Waals surface area contributed by atoms with Crippen LogP contribution in [0.3, 0.4) is 0 Å². The largest absolute Gasteiger partial charge is 0.334 e. The lowest BCUT2D eigenvalue weighted by atomic mass is 9.96. The first-order chi connectivity index (χ1) is 11.8. The zero-order valence-corrected chi connectivity index (χ0v) is 16.0. The van der Waals surface area contributed by atoms with E-state index in [2.05, 4.69) is 5.32 Å². The van der Waals surface area contributed by atoms with Gasteiger partial charge in [0.25, 0.3) is 5.91 Å². The Kier molecular flexibility index (Phi) is 6.85. The third-order valence-electron chi connectivity index (χ3n) is 4.49. The van der Waals surface area contributed by atoms with Crippen molar-refractivity contribution in [3.63, 3.8) is 0 Å². The predicted octanol–water partition coefficient (Wildman–Crippen LogP) is 3.67. The monoisotopic (exact) mass is 365 g/mol. The number of nitrogens with zero attached hydrogens (tertiary/aromatic N) is 1. The molecule has 0 saturated carbocycles. The van der Waals surface area contributed by atoms with Crippen molar-refractivity contribution in [2.75, 3.05) is 11.9 Å². The zero-order valence-electron chi connectivity index (χ0n) is 15.2. The normalized spacial score (nSPS) is 19.0. The van der Waals surface area contributed by atoms with Gasteiger partial charge in [-0.1, -0.05) is 25.4 Å². The molecule has 2 unspecified atom stereocenters. The maximum absolute atomic E-state index is 13.0. The van der Waals surface area contributed by atoms with Crippen molar-refractivity contribution in [3.05, 3.63) is 28.8 Å². The maximum atomic E-state index is 13.0. The summed E-state index contributed by atoms with van der Waals surface area (Å²) in [6.45, 7) is 6.59. The second kappa shape index (κ2) is 8.68. The van der Waals surface area contributed by atoms with Crippen LogP contribution in [-0.4, -0.2) is 35.3 Å². The van der Waals surface area contributed by atoms with Crippen molar-refractivity contribution >= 4 is 29.1 Å². The number of carbonyl (C=O) groups is 2. The SMILES string of the molecule is CC(C)CC(=O)Nc1ccc(Cl)c(C(=O)N2CCCCC2C(C)N)c1. The van der Waals surface area contributed by atoms with Crippen molar-refractivity contribution < 1.29 is 9.59 Å². The number of hydrogen-bond donors (Lipinski definition) is 2. The molecule has 138 valence electrons. The van der Waals surface area contributed by atoms with Gasteiger partial charge in [0, 0.05) is 30.7 Å². The molecule has 1 aliphatic rings. The first-order valence-corrected chi connectivity index (χ1v) is 9.33. The number of hydrogen-bond acceptors (Lipinski definition) is 3. The molecule has 2 amide bonds. The maximum Gasteiger partial charge on any atom is 0.255 e. The summed E-state index contributed by atoms with van der Waals surface area (Å²) in [5.74, 6) is 0.0858. The number of likely N-dealkylation sites (tertiary alicyclic amines) is 1. The molecular formula is C19H28ClN3O2. The first kappa shape index (κ1) is 19.7. The lowest BCUT2D eigenvalue weighted by Crippen LogP contribution is -2.51. The van der Waals surface area contributed by atoms with E-state index in [-0.39, 0.29) is 29.8 Å². The van der Waals surface area contributed by atoms with Gasteiger partial charge in [0.15, 0.2) is 0 Å². The number of piperidine rings is 1. The van der Waals surface area contributed by atoms with Crippen molar-refractivity contribution in [2.45, 2.75) is 58.5 Å². The third-order valence-corrected chi connectivity index (χ3v) is 4.82. The second-order valence-corrected chi connectivity index (χ2v) is 7.67. The van der Waals surface area contributed by atoms with E-state index in [1.807, 2.05) is 25.7 Å². The topological polar surface area (TPSA) is 75.4 Å². The van der Waals surface area contributed by atoms with Crippen molar-refractivity contribution in [1.82, 2.24) is 4.90 Å². The van der Waals surface area contributed by atoms with Gasteiger partial charge in [-0.25, -0.2) is 0 Å². The quantitative estimate of drug-likeness (QED) is 0.835. The van der Waals surface area contributed by atoms with Crippen LogP contribution in [0.25, 0.3) is 0 Å². The summed E-state index contributed by atoms with van der Waals surface area (Å²) in [6.07, 6.45) is 3.39. The minimum absolute atomic E-state index is 0.0245. The number of anilines is 1. The highest BCUT2D eigenvalue weighted by Gasteiger charge is 2.30. The number of carbonyl (C=O) groups excluding carboxylic acids is 2. The molecule has 6 heteroatoms. The summed E-state index contributed by atoms with van der Waals surface area (Å²) in [7, 11) is 0. The molecule has 2 atom stereocenters. The molecule has 1 heterocycles. The highest BCUT2D eigenvalue weighted by atomic mass is 35.5. The molecule has 1 aromatic rings. The molecule has 5 nitrogen and oxygen atoms in total. The summed E-state index contributed by atoms with van der Waals surface area (Å²) in [4.78, 5) is 26.8. The molecule has 0 aromatic heterocycles. The van der Waals surface area contributed by atoms with E-state index in [0.717, 1.165) is 19.3 Å². The molecular weight excluding hydrogens is 338 g/mol. The average Bonchev–Trinajstić information content (AvgIpc) is 2.55. The molecule has 0 spiro atoms. The Bertz CT molecular complexity index is 631. The number of nitrogens with one attached hydrogen (secondary N) is 1. The standard InChI is InChI=1S/C19H28ClN3O2/c1-12(2)10-18(24)22-14-7-8-16(20)15(11-14)19(25)23-9-5-4-6-17(23)13(3)21/h7-8,11-13,17H,4-6,9-10,21H2,1-3H3,(H,22,24). The van der Waals surface area contributed by atoms with Gasteiger partial charge in [0.05, 0.1) is 10.6 Å². The average molecular weight is 366 g/mol. The summed E-state index contributed by atoms with van der Waals surface area (Å²) in [5, 5.41) is 3.23. The van der Waals surface area contributed by atoms with Crippen LogP contribution in [0.1, 0.15) is 56.8 Å². The second-order valence-electron chi connectivity index (χ2n) is 7.26. The van der Waals surface area contributed by atoms with E-state index in [0.29, 0.717) is 29.2 Å². The van der Waals surface area contributed by atoms with E-state index in [9.17, 15) is 9.59 Å². The van der Waals surface area contributed by atoms with E-state index in [1.54, 1.807) is 18.2 Å². The predicted molar refractivity (Wildman–Crippen MR) is 102 cm³/mol. The van der Waals surface area contributed by atoms with Crippen LogP contribution in [0.2, 0.25) is 5.02 Å². The molecule has 0 bridgehead atoms.